The monoisotopic (exact) mass is 533 g/mol. The van der Waals surface area contributed by atoms with Crippen molar-refractivity contribution < 1.29 is 23.5 Å². The standard InChI is InChI=1S/C29H32FN5O4/c1-20(36)33-18-25-19-35(29(37)39-25)24-8-9-26(27(30)15-24)22-6-4-21(5-7-22)16-31-17-23-3-2-10-32-28(23)34-11-13-38-14-12-34/h2-10,15,25,31H,11-14,16-19H2,1H3,(H,33,36)/t25-/m0/s1. The van der Waals surface area contributed by atoms with Gasteiger partial charge in [-0.2, -0.15) is 0 Å². The molecule has 3 heterocycles. The lowest BCUT2D eigenvalue weighted by molar-refractivity contribution is -0.119. The molecule has 2 aromatic carbocycles. The van der Waals surface area contributed by atoms with Gasteiger partial charge in [0.25, 0.3) is 0 Å². The summed E-state index contributed by atoms with van der Waals surface area (Å²) in [5.74, 6) is 0.366. The van der Waals surface area contributed by atoms with Gasteiger partial charge in [-0.05, 0) is 35.4 Å². The van der Waals surface area contributed by atoms with E-state index >= 15 is 4.39 Å². The quantitative estimate of drug-likeness (QED) is 0.435. The fourth-order valence-electron chi connectivity index (χ4n) is 4.77. The summed E-state index contributed by atoms with van der Waals surface area (Å²) in [6.07, 6.45) is 0.785. The Kier molecular flexibility index (Phi) is 8.33. The van der Waals surface area contributed by atoms with Crippen molar-refractivity contribution in [3.05, 3.63) is 77.7 Å². The minimum Gasteiger partial charge on any atom is -0.442 e. The summed E-state index contributed by atoms with van der Waals surface area (Å²) in [5, 5.41) is 6.12. The van der Waals surface area contributed by atoms with Crippen LogP contribution in [0.15, 0.2) is 60.8 Å². The van der Waals surface area contributed by atoms with Crippen LogP contribution >= 0.6 is 0 Å². The summed E-state index contributed by atoms with van der Waals surface area (Å²) in [6, 6.07) is 16.5. The number of aromatic nitrogens is 1. The van der Waals surface area contributed by atoms with Crippen LogP contribution in [0, 0.1) is 5.82 Å². The van der Waals surface area contributed by atoms with Crippen molar-refractivity contribution in [3.63, 3.8) is 0 Å². The van der Waals surface area contributed by atoms with Crippen LogP contribution in [0.1, 0.15) is 18.1 Å². The third-order valence-corrected chi connectivity index (χ3v) is 6.80. The van der Waals surface area contributed by atoms with Crippen LogP contribution < -0.4 is 20.4 Å². The van der Waals surface area contributed by atoms with Gasteiger partial charge in [0.15, 0.2) is 0 Å². The molecule has 3 aromatic rings. The smallest absolute Gasteiger partial charge is 0.414 e. The van der Waals surface area contributed by atoms with Crippen LogP contribution in [-0.4, -0.2) is 62.5 Å². The van der Waals surface area contributed by atoms with Gasteiger partial charge in [0.05, 0.1) is 32.0 Å². The first kappa shape index (κ1) is 26.6. The average Bonchev–Trinajstić information content (AvgIpc) is 3.33. The Labute approximate surface area is 226 Å². The van der Waals surface area contributed by atoms with Crippen molar-refractivity contribution in [1.29, 1.82) is 0 Å². The van der Waals surface area contributed by atoms with E-state index in [9.17, 15) is 9.59 Å². The highest BCUT2D eigenvalue weighted by Gasteiger charge is 2.32. The zero-order chi connectivity index (χ0) is 27.2. The van der Waals surface area contributed by atoms with Crippen molar-refractivity contribution in [2.24, 2.45) is 0 Å². The van der Waals surface area contributed by atoms with Gasteiger partial charge in [-0.25, -0.2) is 14.2 Å². The number of morpholine rings is 1. The summed E-state index contributed by atoms with van der Waals surface area (Å²) in [7, 11) is 0. The molecule has 0 bridgehead atoms. The second kappa shape index (κ2) is 12.2. The number of pyridine rings is 1. The Morgan fingerprint density at radius 2 is 1.90 bits per heavy atom. The zero-order valence-corrected chi connectivity index (χ0v) is 21.9. The second-order valence-corrected chi connectivity index (χ2v) is 9.60. The van der Waals surface area contributed by atoms with Crippen molar-refractivity contribution in [3.8, 4) is 11.1 Å². The Bertz CT molecular complexity index is 1310. The number of halogens is 1. The van der Waals surface area contributed by atoms with E-state index in [0.717, 1.165) is 35.6 Å². The Balaban J connectivity index is 1.18. The predicted octanol–water partition coefficient (Wildman–Crippen LogP) is 3.48. The minimum absolute atomic E-state index is 0.201. The first-order chi connectivity index (χ1) is 19.0. The topological polar surface area (TPSA) is 96.0 Å². The number of carbonyl (C=O) groups excluding carboxylic acids is 2. The molecule has 5 rings (SSSR count). The second-order valence-electron chi connectivity index (χ2n) is 9.60. The number of hydrogen-bond acceptors (Lipinski definition) is 7. The molecule has 1 atom stereocenters. The molecule has 0 aliphatic carbocycles. The average molecular weight is 534 g/mol. The molecule has 2 N–H and O–H groups in total. The normalized spacial score (nSPS) is 17.3. The molecular formula is C29H32FN5O4. The minimum atomic E-state index is -0.558. The van der Waals surface area contributed by atoms with Crippen molar-refractivity contribution >= 4 is 23.5 Å². The van der Waals surface area contributed by atoms with E-state index in [1.807, 2.05) is 36.5 Å². The molecule has 10 heteroatoms. The number of benzene rings is 2. The number of carbonyl (C=O) groups is 2. The third-order valence-electron chi connectivity index (χ3n) is 6.80. The molecule has 2 aliphatic heterocycles. The van der Waals surface area contributed by atoms with Crippen molar-refractivity contribution in [1.82, 2.24) is 15.6 Å². The molecule has 0 saturated carbocycles. The van der Waals surface area contributed by atoms with Gasteiger partial charge < -0.3 is 25.0 Å². The van der Waals surface area contributed by atoms with E-state index in [1.165, 1.54) is 17.9 Å². The van der Waals surface area contributed by atoms with E-state index in [4.69, 9.17) is 9.47 Å². The van der Waals surface area contributed by atoms with Crippen LogP contribution in [0.3, 0.4) is 0 Å². The number of ether oxygens (including phenoxy) is 2. The molecular weight excluding hydrogens is 501 g/mol. The lowest BCUT2D eigenvalue weighted by Crippen LogP contribution is -2.37. The summed E-state index contributed by atoms with van der Waals surface area (Å²) in [4.78, 5) is 31.6. The summed E-state index contributed by atoms with van der Waals surface area (Å²) in [6.45, 7) is 6.31. The molecule has 9 nitrogen and oxygen atoms in total. The Morgan fingerprint density at radius 3 is 2.64 bits per heavy atom. The third kappa shape index (κ3) is 6.52. The molecule has 2 fully saturated rings. The SMILES string of the molecule is CC(=O)NC[C@H]1CN(c2ccc(-c3ccc(CNCc4cccnc4N4CCOCC4)cc3)c(F)c2)C(=O)O1. The van der Waals surface area contributed by atoms with E-state index in [-0.39, 0.29) is 19.0 Å². The highest BCUT2D eigenvalue weighted by Crippen LogP contribution is 2.29. The maximum atomic E-state index is 15.1. The number of nitrogens with one attached hydrogen (secondary N) is 2. The molecule has 2 saturated heterocycles. The molecule has 2 amide bonds. The lowest BCUT2D eigenvalue weighted by Gasteiger charge is -2.29. The van der Waals surface area contributed by atoms with Gasteiger partial charge in [-0.1, -0.05) is 30.3 Å². The van der Waals surface area contributed by atoms with E-state index in [1.54, 1.807) is 12.1 Å². The fraction of sp³-hybridized carbons (Fsp3) is 0.345. The molecule has 0 radical (unpaired) electrons. The number of cyclic esters (lactones) is 1. The van der Waals surface area contributed by atoms with Gasteiger partial charge in [-0.15, -0.1) is 0 Å². The van der Waals surface area contributed by atoms with Gasteiger partial charge in [0, 0.05) is 50.4 Å². The highest BCUT2D eigenvalue weighted by atomic mass is 19.1. The molecule has 0 spiro atoms. The van der Waals surface area contributed by atoms with Gasteiger partial charge >= 0.3 is 6.09 Å². The van der Waals surface area contributed by atoms with Crippen LogP contribution in [0.4, 0.5) is 20.7 Å². The van der Waals surface area contributed by atoms with Crippen LogP contribution in [0.25, 0.3) is 11.1 Å². The van der Waals surface area contributed by atoms with Gasteiger partial charge in [0.2, 0.25) is 5.91 Å². The Hall–Kier alpha value is -4.02. The van der Waals surface area contributed by atoms with Crippen LogP contribution in [0.5, 0.6) is 0 Å². The van der Waals surface area contributed by atoms with Crippen LogP contribution in [-0.2, 0) is 27.4 Å². The van der Waals surface area contributed by atoms with Crippen LogP contribution in [0.2, 0.25) is 0 Å². The van der Waals surface area contributed by atoms with Gasteiger partial charge in [-0.3, -0.25) is 9.69 Å². The van der Waals surface area contributed by atoms with Crippen molar-refractivity contribution in [2.75, 3.05) is 49.2 Å². The summed E-state index contributed by atoms with van der Waals surface area (Å²) in [5.41, 5.74) is 3.83. The lowest BCUT2D eigenvalue weighted by atomic mass is 10.0. The van der Waals surface area contributed by atoms with E-state index in [2.05, 4.69) is 26.6 Å². The fourth-order valence-corrected chi connectivity index (χ4v) is 4.77. The largest absolute Gasteiger partial charge is 0.442 e. The maximum Gasteiger partial charge on any atom is 0.414 e. The number of amides is 2. The number of rotatable bonds is 9. The number of hydrogen-bond donors (Lipinski definition) is 2. The maximum absolute atomic E-state index is 15.1. The highest BCUT2D eigenvalue weighted by molar-refractivity contribution is 5.90. The van der Waals surface area contributed by atoms with E-state index in [0.29, 0.717) is 37.6 Å². The molecule has 1 aromatic heterocycles. The zero-order valence-electron chi connectivity index (χ0n) is 21.9. The van der Waals surface area contributed by atoms with Crippen molar-refractivity contribution in [2.45, 2.75) is 26.1 Å². The molecule has 39 heavy (non-hydrogen) atoms. The molecule has 0 unspecified atom stereocenters. The summed E-state index contributed by atoms with van der Waals surface area (Å²) >= 11 is 0. The number of anilines is 2. The van der Waals surface area contributed by atoms with Gasteiger partial charge in [0.1, 0.15) is 17.7 Å². The molecule has 2 aliphatic rings. The van der Waals surface area contributed by atoms with E-state index < -0.39 is 18.0 Å². The predicted molar refractivity (Wildman–Crippen MR) is 146 cm³/mol. The first-order valence-corrected chi connectivity index (χ1v) is 13.1. The summed E-state index contributed by atoms with van der Waals surface area (Å²) < 4.78 is 25.8. The Morgan fingerprint density at radius 1 is 1.10 bits per heavy atom. The first-order valence-electron chi connectivity index (χ1n) is 13.1. The molecule has 204 valence electrons. The number of nitrogens with zero attached hydrogens (tertiary/aromatic N) is 3.